The van der Waals surface area contributed by atoms with Gasteiger partial charge in [0.15, 0.2) is 6.61 Å². The predicted octanol–water partition coefficient (Wildman–Crippen LogP) is 2.04. The number of ether oxygens (including phenoxy) is 2. The molecule has 1 saturated heterocycles. The van der Waals surface area contributed by atoms with Crippen molar-refractivity contribution < 1.29 is 14.3 Å². The molecule has 126 valence electrons. The first-order valence-corrected chi connectivity index (χ1v) is 8.33. The maximum absolute atomic E-state index is 12.3. The number of morpholine rings is 1. The van der Waals surface area contributed by atoms with Gasteiger partial charge in [0.2, 0.25) is 0 Å². The summed E-state index contributed by atoms with van der Waals surface area (Å²) < 4.78 is 11.0. The minimum Gasteiger partial charge on any atom is -0.482 e. The average Bonchev–Trinajstić information content (AvgIpc) is 2.53. The lowest BCUT2D eigenvalue weighted by molar-refractivity contribution is -0.121. The highest BCUT2D eigenvalue weighted by Gasteiger charge is 2.27. The van der Waals surface area contributed by atoms with E-state index in [9.17, 15) is 4.79 Å². The molecule has 5 heteroatoms. The van der Waals surface area contributed by atoms with Crippen LogP contribution < -0.4 is 9.64 Å². The normalized spacial score (nSPS) is 19.4. The van der Waals surface area contributed by atoms with Crippen molar-refractivity contribution in [2.45, 2.75) is 26.2 Å². The fraction of sp³-hybridized carbons (Fsp3) is 0.611. The second kappa shape index (κ2) is 6.49. The first-order chi connectivity index (χ1) is 10.9. The summed E-state index contributed by atoms with van der Waals surface area (Å²) in [5.41, 5.74) is 2.17. The van der Waals surface area contributed by atoms with E-state index in [0.29, 0.717) is 6.54 Å². The molecule has 0 unspecified atom stereocenters. The van der Waals surface area contributed by atoms with Crippen molar-refractivity contribution >= 4 is 11.6 Å². The highest BCUT2D eigenvalue weighted by atomic mass is 16.5. The minimum absolute atomic E-state index is 0.0387. The van der Waals surface area contributed by atoms with Gasteiger partial charge in [0.05, 0.1) is 18.9 Å². The monoisotopic (exact) mass is 318 g/mol. The van der Waals surface area contributed by atoms with Crippen LogP contribution in [0.4, 0.5) is 5.69 Å². The van der Waals surface area contributed by atoms with Crippen LogP contribution in [0.25, 0.3) is 0 Å². The average molecular weight is 318 g/mol. The standard InChI is InChI=1S/C18H26N2O3/c1-18(2,3)14-4-5-16-15(12-14)20(17(21)13-23-16)7-6-19-8-10-22-11-9-19/h4-5,12H,6-11,13H2,1-3H3. The molecule has 1 fully saturated rings. The van der Waals surface area contributed by atoms with Crippen LogP contribution in [0.2, 0.25) is 0 Å². The zero-order chi connectivity index (χ0) is 16.4. The van der Waals surface area contributed by atoms with Crippen molar-refractivity contribution in [1.82, 2.24) is 4.90 Å². The van der Waals surface area contributed by atoms with Crippen molar-refractivity contribution in [3.8, 4) is 5.75 Å². The highest BCUT2D eigenvalue weighted by molar-refractivity contribution is 5.98. The molecule has 0 aliphatic carbocycles. The van der Waals surface area contributed by atoms with E-state index in [1.54, 1.807) is 0 Å². The lowest BCUT2D eigenvalue weighted by Gasteiger charge is -2.34. The first kappa shape index (κ1) is 16.3. The Kier molecular flexibility index (Phi) is 4.60. The van der Waals surface area contributed by atoms with Gasteiger partial charge in [-0.15, -0.1) is 0 Å². The fourth-order valence-electron chi connectivity index (χ4n) is 2.98. The Balaban J connectivity index is 1.79. The summed E-state index contributed by atoms with van der Waals surface area (Å²) in [7, 11) is 0. The molecular weight excluding hydrogens is 292 g/mol. The van der Waals surface area contributed by atoms with Gasteiger partial charge in [-0.2, -0.15) is 0 Å². The van der Waals surface area contributed by atoms with E-state index in [2.05, 4.69) is 37.8 Å². The first-order valence-electron chi connectivity index (χ1n) is 8.33. The molecule has 0 N–H and O–H groups in total. The second-order valence-electron chi connectivity index (χ2n) is 7.22. The lowest BCUT2D eigenvalue weighted by Crippen LogP contribution is -2.46. The van der Waals surface area contributed by atoms with Gasteiger partial charge in [-0.05, 0) is 23.1 Å². The number of hydrogen-bond acceptors (Lipinski definition) is 4. The largest absolute Gasteiger partial charge is 0.482 e. The number of benzene rings is 1. The highest BCUT2D eigenvalue weighted by Crippen LogP contribution is 2.36. The van der Waals surface area contributed by atoms with Crippen molar-refractivity contribution in [2.75, 3.05) is 50.9 Å². The smallest absolute Gasteiger partial charge is 0.265 e. The number of carbonyl (C=O) groups excluding carboxylic acids is 1. The van der Waals surface area contributed by atoms with E-state index < -0.39 is 0 Å². The molecule has 2 aliphatic rings. The molecule has 1 aromatic carbocycles. The lowest BCUT2D eigenvalue weighted by atomic mass is 9.86. The summed E-state index contributed by atoms with van der Waals surface area (Å²) in [6, 6.07) is 6.19. The third-order valence-electron chi connectivity index (χ3n) is 4.51. The predicted molar refractivity (Wildman–Crippen MR) is 90.2 cm³/mol. The molecule has 0 bridgehead atoms. The third-order valence-corrected chi connectivity index (χ3v) is 4.51. The van der Waals surface area contributed by atoms with Crippen molar-refractivity contribution in [1.29, 1.82) is 0 Å². The molecule has 0 radical (unpaired) electrons. The quantitative estimate of drug-likeness (QED) is 0.855. The Morgan fingerprint density at radius 3 is 2.57 bits per heavy atom. The van der Waals surface area contributed by atoms with Crippen LogP contribution in [0.15, 0.2) is 18.2 Å². The van der Waals surface area contributed by atoms with Crippen LogP contribution in [-0.2, 0) is 14.9 Å². The summed E-state index contributed by atoms with van der Waals surface area (Å²) in [6.45, 7) is 11.7. The Bertz CT molecular complexity index is 574. The molecule has 0 aromatic heterocycles. The molecule has 2 heterocycles. The topological polar surface area (TPSA) is 42.0 Å². The van der Waals surface area contributed by atoms with Gasteiger partial charge in [-0.1, -0.05) is 26.8 Å². The molecule has 5 nitrogen and oxygen atoms in total. The summed E-state index contributed by atoms with van der Waals surface area (Å²) >= 11 is 0. The van der Waals surface area contributed by atoms with Crippen LogP contribution in [-0.4, -0.2) is 56.8 Å². The van der Waals surface area contributed by atoms with Crippen molar-refractivity contribution in [3.63, 3.8) is 0 Å². The third kappa shape index (κ3) is 3.67. The zero-order valence-electron chi connectivity index (χ0n) is 14.3. The maximum atomic E-state index is 12.3. The van der Waals surface area contributed by atoms with Crippen molar-refractivity contribution in [3.05, 3.63) is 23.8 Å². The number of fused-ring (bicyclic) bond motifs is 1. The van der Waals surface area contributed by atoms with Gasteiger partial charge in [0.1, 0.15) is 5.75 Å². The second-order valence-corrected chi connectivity index (χ2v) is 7.22. The van der Waals surface area contributed by atoms with Crippen LogP contribution in [0.1, 0.15) is 26.3 Å². The van der Waals surface area contributed by atoms with Gasteiger partial charge in [0.25, 0.3) is 5.91 Å². The summed E-state index contributed by atoms with van der Waals surface area (Å²) in [4.78, 5) is 16.6. The van der Waals surface area contributed by atoms with Gasteiger partial charge in [-0.3, -0.25) is 9.69 Å². The van der Waals surface area contributed by atoms with E-state index in [0.717, 1.165) is 44.3 Å². The molecule has 3 rings (SSSR count). The molecule has 1 aromatic rings. The van der Waals surface area contributed by atoms with E-state index in [1.807, 2.05) is 11.0 Å². The Labute approximate surface area is 138 Å². The van der Waals surface area contributed by atoms with Crippen LogP contribution in [0.5, 0.6) is 5.75 Å². The van der Waals surface area contributed by atoms with E-state index >= 15 is 0 Å². The van der Waals surface area contributed by atoms with Crippen molar-refractivity contribution in [2.24, 2.45) is 0 Å². The molecule has 0 spiro atoms. The van der Waals surface area contributed by atoms with E-state index in [-0.39, 0.29) is 17.9 Å². The molecule has 1 amide bonds. The minimum atomic E-state index is 0.0387. The number of hydrogen-bond donors (Lipinski definition) is 0. The van der Waals surface area contributed by atoms with Gasteiger partial charge >= 0.3 is 0 Å². The fourth-order valence-corrected chi connectivity index (χ4v) is 2.98. The number of nitrogens with zero attached hydrogens (tertiary/aromatic N) is 2. The molecule has 0 atom stereocenters. The molecule has 2 aliphatic heterocycles. The number of anilines is 1. The van der Waals surface area contributed by atoms with Crippen LogP contribution in [0.3, 0.4) is 0 Å². The number of carbonyl (C=O) groups is 1. The SMILES string of the molecule is CC(C)(C)c1ccc2c(c1)N(CCN1CCOCC1)C(=O)CO2. The number of amides is 1. The van der Waals surface area contributed by atoms with Gasteiger partial charge < -0.3 is 14.4 Å². The Morgan fingerprint density at radius 1 is 1.13 bits per heavy atom. The van der Waals surface area contributed by atoms with Crippen LogP contribution in [0, 0.1) is 0 Å². The summed E-state index contributed by atoms with van der Waals surface area (Å²) in [6.07, 6.45) is 0. The Hall–Kier alpha value is -1.59. The molecular formula is C18H26N2O3. The molecule has 0 saturated carbocycles. The number of rotatable bonds is 3. The molecule has 23 heavy (non-hydrogen) atoms. The summed E-state index contributed by atoms with van der Waals surface area (Å²) in [5.74, 6) is 0.844. The maximum Gasteiger partial charge on any atom is 0.265 e. The van der Waals surface area contributed by atoms with E-state index in [1.165, 1.54) is 5.56 Å². The van der Waals surface area contributed by atoms with E-state index in [4.69, 9.17) is 9.47 Å². The van der Waals surface area contributed by atoms with Crippen LogP contribution >= 0.6 is 0 Å². The van der Waals surface area contributed by atoms with Gasteiger partial charge in [-0.25, -0.2) is 0 Å². The van der Waals surface area contributed by atoms with Gasteiger partial charge in [0, 0.05) is 26.2 Å². The Morgan fingerprint density at radius 2 is 1.87 bits per heavy atom. The summed E-state index contributed by atoms with van der Waals surface area (Å²) in [5, 5.41) is 0. The zero-order valence-corrected chi connectivity index (χ0v) is 14.3.